The van der Waals surface area contributed by atoms with Crippen LogP contribution in [0.1, 0.15) is 19.4 Å². The maximum atomic E-state index is 12.4. The highest BCUT2D eigenvalue weighted by Gasteiger charge is 2.20. The summed E-state index contributed by atoms with van der Waals surface area (Å²) in [4.78, 5) is 9.10. The topological polar surface area (TPSA) is 124 Å². The smallest absolute Gasteiger partial charge is 0.189 e. The molecule has 0 aliphatic heterocycles. The fourth-order valence-corrected chi connectivity index (χ4v) is 4.49. The number of aromatic nitrogens is 3. The molecule has 2 heterocycles. The van der Waals surface area contributed by atoms with Gasteiger partial charge in [0.25, 0.3) is 0 Å². The molecule has 10 heteroatoms. The van der Waals surface area contributed by atoms with Crippen molar-refractivity contribution in [2.24, 2.45) is 0 Å². The molecule has 2 aromatic carbocycles. The summed E-state index contributed by atoms with van der Waals surface area (Å²) in [6.45, 7) is 3.97. The first kappa shape index (κ1) is 23.7. The van der Waals surface area contributed by atoms with Crippen LogP contribution in [0.25, 0.3) is 34.0 Å². The minimum Gasteiger partial charge on any atom is -0.382 e. The van der Waals surface area contributed by atoms with E-state index in [1.807, 2.05) is 25.2 Å². The summed E-state index contributed by atoms with van der Waals surface area (Å²) in [7, 11) is 4.65. The molecule has 172 valence electrons. The van der Waals surface area contributed by atoms with Gasteiger partial charge in [-0.15, -0.1) is 0 Å². The van der Waals surface area contributed by atoms with E-state index in [1.165, 1.54) is 6.20 Å². The van der Waals surface area contributed by atoms with Crippen molar-refractivity contribution >= 4 is 29.0 Å². The number of rotatable bonds is 7. The number of nitrogen functional groups attached to an aromatic ring is 1. The van der Waals surface area contributed by atoms with E-state index in [1.54, 1.807) is 44.2 Å². The van der Waals surface area contributed by atoms with Crippen molar-refractivity contribution in [1.82, 2.24) is 20.4 Å². The summed E-state index contributed by atoms with van der Waals surface area (Å²) in [5.74, 6) is 0.549. The van der Waals surface area contributed by atoms with Gasteiger partial charge in [-0.2, -0.15) is 0 Å². The van der Waals surface area contributed by atoms with Crippen LogP contribution in [0.5, 0.6) is 0 Å². The summed E-state index contributed by atoms with van der Waals surface area (Å²) >= 11 is 0. The van der Waals surface area contributed by atoms with Crippen LogP contribution < -0.4 is 16.5 Å². The third-order valence-corrected chi connectivity index (χ3v) is 7.62. The molecule has 2 radical (unpaired) electrons. The van der Waals surface area contributed by atoms with E-state index in [4.69, 9.17) is 18.1 Å². The molecule has 0 aliphatic carbocycles. The van der Waals surface area contributed by atoms with E-state index in [0.29, 0.717) is 40.4 Å². The Morgan fingerprint density at radius 2 is 1.76 bits per heavy atom. The Kier molecular flexibility index (Phi) is 6.54. The van der Waals surface area contributed by atoms with Crippen molar-refractivity contribution in [3.05, 3.63) is 60.3 Å². The van der Waals surface area contributed by atoms with E-state index in [2.05, 4.69) is 20.4 Å². The number of hydrogen-bond donors (Lipinski definition) is 2. The fourth-order valence-electron chi connectivity index (χ4n) is 3.43. The first-order chi connectivity index (χ1) is 16.2. The molecule has 2 aromatic heterocycles. The Hall–Kier alpha value is -3.50. The predicted octanol–water partition coefficient (Wildman–Crippen LogP) is 2.74. The van der Waals surface area contributed by atoms with Crippen LogP contribution in [0.4, 0.5) is 5.82 Å². The summed E-state index contributed by atoms with van der Waals surface area (Å²) in [6, 6.07) is 14.0. The number of sulfone groups is 1. The summed E-state index contributed by atoms with van der Waals surface area (Å²) in [6.07, 6.45) is 1.53. The van der Waals surface area contributed by atoms with Crippen LogP contribution >= 0.6 is 0 Å². The van der Waals surface area contributed by atoms with Crippen molar-refractivity contribution in [3.63, 3.8) is 0 Å². The largest absolute Gasteiger partial charge is 0.382 e. The monoisotopic (exact) mass is 473 g/mol. The molecule has 34 heavy (non-hydrogen) atoms. The standard InChI is InChI=1S/C24H24BN5O3S/c1-14(2)34(31,32)18-8-6-15(7-9-18)21-13-28-24(26)23(29-21)22-11-20(30-33-22)16-4-5-17(12-27-3)19(25)10-16/h4-11,13-14,27H,12H2,1-3H3,(H2,26,28). The normalized spacial score (nSPS) is 11.8. The SMILES string of the molecule is [B]c1cc(-c2cc(-c3nc(-c4ccc(S(=O)(=O)C(C)C)cc4)cnc3N)on2)ccc1CNC. The van der Waals surface area contributed by atoms with Crippen LogP contribution in [-0.2, 0) is 16.4 Å². The lowest BCUT2D eigenvalue weighted by Crippen LogP contribution is -2.16. The van der Waals surface area contributed by atoms with Gasteiger partial charge in [0.1, 0.15) is 13.5 Å². The van der Waals surface area contributed by atoms with E-state index in [0.717, 1.165) is 11.1 Å². The van der Waals surface area contributed by atoms with Gasteiger partial charge < -0.3 is 15.6 Å². The highest BCUT2D eigenvalue weighted by molar-refractivity contribution is 7.92. The second-order valence-electron chi connectivity index (χ2n) is 8.13. The third kappa shape index (κ3) is 4.60. The zero-order chi connectivity index (χ0) is 24.5. The number of nitrogens with two attached hydrogens (primary N) is 1. The van der Waals surface area contributed by atoms with Crippen LogP contribution in [0.3, 0.4) is 0 Å². The number of hydrogen-bond acceptors (Lipinski definition) is 8. The van der Waals surface area contributed by atoms with Gasteiger partial charge in [0, 0.05) is 23.7 Å². The number of benzene rings is 2. The van der Waals surface area contributed by atoms with Gasteiger partial charge in [-0.1, -0.05) is 41.0 Å². The summed E-state index contributed by atoms with van der Waals surface area (Å²) in [5, 5.41) is 6.72. The first-order valence-electron chi connectivity index (χ1n) is 10.7. The van der Waals surface area contributed by atoms with Gasteiger partial charge >= 0.3 is 0 Å². The minimum absolute atomic E-state index is 0.189. The molecule has 0 atom stereocenters. The lowest BCUT2D eigenvalue weighted by atomic mass is 9.88. The molecule has 0 spiro atoms. The van der Waals surface area contributed by atoms with Crippen LogP contribution in [0.15, 0.2) is 64.1 Å². The Labute approximate surface area is 199 Å². The van der Waals surface area contributed by atoms with E-state index in [-0.39, 0.29) is 10.7 Å². The molecule has 4 rings (SSSR count). The minimum atomic E-state index is -3.36. The van der Waals surface area contributed by atoms with E-state index in [9.17, 15) is 8.42 Å². The van der Waals surface area contributed by atoms with Crippen molar-refractivity contribution in [3.8, 4) is 34.0 Å². The van der Waals surface area contributed by atoms with Crippen molar-refractivity contribution in [2.75, 3.05) is 12.8 Å². The molecule has 0 saturated carbocycles. The zero-order valence-corrected chi connectivity index (χ0v) is 19.9. The van der Waals surface area contributed by atoms with E-state index < -0.39 is 15.1 Å². The molecule has 0 fully saturated rings. The Morgan fingerprint density at radius 1 is 1.06 bits per heavy atom. The Bertz CT molecular complexity index is 1430. The van der Waals surface area contributed by atoms with Crippen molar-refractivity contribution in [1.29, 1.82) is 0 Å². The first-order valence-corrected chi connectivity index (χ1v) is 12.2. The van der Waals surface area contributed by atoms with Gasteiger partial charge in [-0.3, -0.25) is 0 Å². The molecule has 0 saturated heterocycles. The highest BCUT2D eigenvalue weighted by Crippen LogP contribution is 2.30. The van der Waals surface area contributed by atoms with Crippen molar-refractivity contribution < 1.29 is 12.9 Å². The zero-order valence-electron chi connectivity index (χ0n) is 19.1. The molecule has 0 amide bonds. The lowest BCUT2D eigenvalue weighted by molar-refractivity contribution is 0.434. The third-order valence-electron chi connectivity index (χ3n) is 5.45. The maximum absolute atomic E-state index is 12.4. The number of anilines is 1. The second kappa shape index (κ2) is 9.40. The van der Waals surface area contributed by atoms with Gasteiger partial charge in [-0.25, -0.2) is 18.4 Å². The van der Waals surface area contributed by atoms with Gasteiger partial charge in [0.2, 0.25) is 0 Å². The second-order valence-corrected chi connectivity index (χ2v) is 10.6. The number of nitrogens with one attached hydrogen (secondary N) is 1. The highest BCUT2D eigenvalue weighted by atomic mass is 32.2. The quantitative estimate of drug-likeness (QED) is 0.393. The number of nitrogens with zero attached hydrogens (tertiary/aromatic N) is 3. The molecular formula is C24H24BN5O3S. The average molecular weight is 473 g/mol. The fraction of sp³-hybridized carbons (Fsp3) is 0.208. The Morgan fingerprint density at radius 3 is 2.41 bits per heavy atom. The molecule has 4 aromatic rings. The molecule has 3 N–H and O–H groups in total. The van der Waals surface area contributed by atoms with Gasteiger partial charge in [0.05, 0.1) is 22.0 Å². The molecule has 8 nitrogen and oxygen atoms in total. The summed E-state index contributed by atoms with van der Waals surface area (Å²) in [5.41, 5.74) is 10.7. The summed E-state index contributed by atoms with van der Waals surface area (Å²) < 4.78 is 30.3. The van der Waals surface area contributed by atoms with E-state index >= 15 is 0 Å². The molecule has 0 unspecified atom stereocenters. The average Bonchev–Trinajstić information content (AvgIpc) is 3.31. The van der Waals surface area contributed by atoms with Crippen LogP contribution in [-0.4, -0.2) is 43.7 Å². The van der Waals surface area contributed by atoms with Gasteiger partial charge in [-0.05, 0) is 38.6 Å². The van der Waals surface area contributed by atoms with Crippen molar-refractivity contribution in [2.45, 2.75) is 30.5 Å². The van der Waals surface area contributed by atoms with Crippen LogP contribution in [0, 0.1) is 0 Å². The molecular weight excluding hydrogens is 449 g/mol. The maximum Gasteiger partial charge on any atom is 0.189 e. The molecule has 0 bridgehead atoms. The van der Waals surface area contributed by atoms with Crippen LogP contribution in [0.2, 0.25) is 0 Å². The molecule has 0 aliphatic rings. The Balaban J connectivity index is 1.65. The van der Waals surface area contributed by atoms with Gasteiger partial charge in [0.15, 0.2) is 27.1 Å². The lowest BCUT2D eigenvalue weighted by Gasteiger charge is -2.09. The predicted molar refractivity (Wildman–Crippen MR) is 133 cm³/mol.